The Bertz CT molecular complexity index is 963. The van der Waals surface area contributed by atoms with Crippen molar-refractivity contribution in [2.45, 2.75) is 12.7 Å². The smallest absolute Gasteiger partial charge is 0.399 e. The van der Waals surface area contributed by atoms with Crippen molar-refractivity contribution in [3.05, 3.63) is 69.1 Å². The molecule has 0 unspecified atom stereocenters. The molecule has 0 aliphatic carbocycles. The number of tetrazole rings is 1. The Morgan fingerprint density at radius 1 is 1.08 bits per heavy atom. The molecule has 2 N–H and O–H groups in total. The number of anilines is 1. The molecule has 0 aliphatic heterocycles. The van der Waals surface area contributed by atoms with Crippen LogP contribution in [0.3, 0.4) is 0 Å². The molecule has 3 aromatic rings. The van der Waals surface area contributed by atoms with Crippen LogP contribution in [0.4, 0.5) is 18.9 Å². The van der Waals surface area contributed by atoms with Crippen LogP contribution < -0.4 is 11.4 Å². The van der Waals surface area contributed by atoms with E-state index in [1.54, 1.807) is 18.2 Å². The predicted octanol–water partition coefficient (Wildman–Crippen LogP) is 2.73. The van der Waals surface area contributed by atoms with Gasteiger partial charge < -0.3 is 5.73 Å². The highest BCUT2D eigenvalue weighted by Gasteiger charge is 2.30. The van der Waals surface area contributed by atoms with Gasteiger partial charge in [0, 0.05) is 10.7 Å². The maximum absolute atomic E-state index is 12.6. The molecule has 3 rings (SSSR count). The minimum absolute atomic E-state index is 0.0541. The second-order valence-corrected chi connectivity index (χ2v) is 5.63. The lowest BCUT2D eigenvalue weighted by Crippen LogP contribution is -2.25. The Morgan fingerprint density at radius 3 is 2.36 bits per heavy atom. The second kappa shape index (κ2) is 6.25. The van der Waals surface area contributed by atoms with Gasteiger partial charge in [-0.1, -0.05) is 17.7 Å². The zero-order valence-corrected chi connectivity index (χ0v) is 13.3. The number of nitrogen functional groups attached to an aromatic ring is 1. The van der Waals surface area contributed by atoms with Crippen LogP contribution in [-0.2, 0) is 12.7 Å². The lowest BCUT2D eigenvalue weighted by Gasteiger charge is -2.06. The van der Waals surface area contributed by atoms with Crippen molar-refractivity contribution in [1.29, 1.82) is 0 Å². The normalized spacial score (nSPS) is 11.7. The Balaban J connectivity index is 1.90. The van der Waals surface area contributed by atoms with Crippen molar-refractivity contribution in [3.63, 3.8) is 0 Å². The zero-order chi connectivity index (χ0) is 18.2. The Morgan fingerprint density at radius 2 is 1.76 bits per heavy atom. The predicted molar refractivity (Wildman–Crippen MR) is 85.6 cm³/mol. The van der Waals surface area contributed by atoms with Crippen molar-refractivity contribution in [1.82, 2.24) is 19.8 Å². The Kier molecular flexibility index (Phi) is 4.25. The van der Waals surface area contributed by atoms with Crippen LogP contribution in [0, 0.1) is 0 Å². The highest BCUT2D eigenvalue weighted by Crippen LogP contribution is 2.29. The van der Waals surface area contributed by atoms with E-state index >= 15 is 0 Å². The summed E-state index contributed by atoms with van der Waals surface area (Å²) in [6, 6.07) is 8.88. The van der Waals surface area contributed by atoms with Gasteiger partial charge in [-0.15, -0.1) is 0 Å². The molecular formula is C15H11ClF3N5O. The summed E-state index contributed by atoms with van der Waals surface area (Å²) in [5.41, 5.74) is 5.45. The molecule has 0 aliphatic rings. The van der Waals surface area contributed by atoms with E-state index in [9.17, 15) is 18.0 Å². The number of hydrogen-bond acceptors (Lipinski definition) is 4. The molecule has 0 saturated heterocycles. The van der Waals surface area contributed by atoms with Gasteiger partial charge in [-0.05, 0) is 52.4 Å². The SMILES string of the molecule is Nc1ccc(Cn2nnn(-c3ccc(C(F)(F)F)cc3)c2=O)c(Cl)c1. The van der Waals surface area contributed by atoms with Crippen molar-refractivity contribution < 1.29 is 13.2 Å². The summed E-state index contributed by atoms with van der Waals surface area (Å²) in [6.45, 7) is 0.0541. The van der Waals surface area contributed by atoms with Gasteiger partial charge in [-0.3, -0.25) is 0 Å². The quantitative estimate of drug-likeness (QED) is 0.720. The first-order valence-corrected chi connectivity index (χ1v) is 7.38. The van der Waals surface area contributed by atoms with E-state index in [1.165, 1.54) is 0 Å². The number of hydrogen-bond donors (Lipinski definition) is 1. The van der Waals surface area contributed by atoms with Crippen molar-refractivity contribution in [2.24, 2.45) is 0 Å². The lowest BCUT2D eigenvalue weighted by atomic mass is 10.2. The molecule has 0 amide bonds. The molecule has 0 bridgehead atoms. The fourth-order valence-corrected chi connectivity index (χ4v) is 2.43. The van der Waals surface area contributed by atoms with Gasteiger partial charge in [0.2, 0.25) is 0 Å². The van der Waals surface area contributed by atoms with Crippen molar-refractivity contribution in [3.8, 4) is 5.69 Å². The molecule has 0 radical (unpaired) electrons. The first kappa shape index (κ1) is 17.0. The van der Waals surface area contributed by atoms with E-state index < -0.39 is 17.4 Å². The molecule has 130 valence electrons. The van der Waals surface area contributed by atoms with E-state index in [0.717, 1.165) is 33.6 Å². The molecule has 0 atom stereocenters. The Labute approximate surface area is 144 Å². The fraction of sp³-hybridized carbons (Fsp3) is 0.133. The van der Waals surface area contributed by atoms with Gasteiger partial charge in [-0.25, -0.2) is 4.79 Å². The molecule has 25 heavy (non-hydrogen) atoms. The monoisotopic (exact) mass is 369 g/mol. The zero-order valence-electron chi connectivity index (χ0n) is 12.5. The summed E-state index contributed by atoms with van der Waals surface area (Å²) in [5, 5.41) is 7.79. The maximum atomic E-state index is 12.6. The molecular weight excluding hydrogens is 359 g/mol. The topological polar surface area (TPSA) is 78.7 Å². The van der Waals surface area contributed by atoms with Crippen LogP contribution in [0.15, 0.2) is 47.3 Å². The highest BCUT2D eigenvalue weighted by atomic mass is 35.5. The van der Waals surface area contributed by atoms with E-state index in [4.69, 9.17) is 17.3 Å². The van der Waals surface area contributed by atoms with Crippen LogP contribution in [0.25, 0.3) is 5.69 Å². The van der Waals surface area contributed by atoms with Crippen LogP contribution in [-0.4, -0.2) is 19.8 Å². The van der Waals surface area contributed by atoms with Crippen LogP contribution in [0.1, 0.15) is 11.1 Å². The summed E-state index contributed by atoms with van der Waals surface area (Å²) in [7, 11) is 0. The molecule has 0 saturated carbocycles. The van der Waals surface area contributed by atoms with Gasteiger partial charge in [0.25, 0.3) is 0 Å². The third-order valence-electron chi connectivity index (χ3n) is 3.48. The third-order valence-corrected chi connectivity index (χ3v) is 3.83. The first-order chi connectivity index (χ1) is 11.8. The van der Waals surface area contributed by atoms with Crippen LogP contribution in [0.5, 0.6) is 0 Å². The molecule has 1 heterocycles. The molecule has 10 heteroatoms. The minimum atomic E-state index is -4.45. The highest BCUT2D eigenvalue weighted by molar-refractivity contribution is 6.31. The average molecular weight is 370 g/mol. The molecule has 0 spiro atoms. The van der Waals surface area contributed by atoms with E-state index in [-0.39, 0.29) is 12.2 Å². The fourth-order valence-electron chi connectivity index (χ4n) is 2.18. The minimum Gasteiger partial charge on any atom is -0.399 e. The summed E-state index contributed by atoms with van der Waals surface area (Å²) < 4.78 is 39.7. The summed E-state index contributed by atoms with van der Waals surface area (Å²) in [6.07, 6.45) is -4.45. The average Bonchev–Trinajstić information content (AvgIpc) is 2.90. The third kappa shape index (κ3) is 3.50. The molecule has 6 nitrogen and oxygen atoms in total. The summed E-state index contributed by atoms with van der Waals surface area (Å²) in [5.74, 6) is 0. The van der Waals surface area contributed by atoms with Gasteiger partial charge in [0.05, 0.1) is 17.8 Å². The lowest BCUT2D eigenvalue weighted by molar-refractivity contribution is -0.137. The van der Waals surface area contributed by atoms with E-state index in [2.05, 4.69) is 10.4 Å². The number of nitrogens with zero attached hydrogens (tertiary/aromatic N) is 4. The van der Waals surface area contributed by atoms with Crippen molar-refractivity contribution >= 4 is 17.3 Å². The van der Waals surface area contributed by atoms with Gasteiger partial charge in [0.15, 0.2) is 0 Å². The number of nitrogens with two attached hydrogens (primary N) is 1. The molecule has 0 fully saturated rings. The largest absolute Gasteiger partial charge is 0.416 e. The maximum Gasteiger partial charge on any atom is 0.416 e. The number of benzene rings is 2. The van der Waals surface area contributed by atoms with E-state index in [0.29, 0.717) is 16.3 Å². The first-order valence-electron chi connectivity index (χ1n) is 7.00. The summed E-state index contributed by atoms with van der Waals surface area (Å²) in [4.78, 5) is 12.3. The molecule has 2 aromatic carbocycles. The van der Waals surface area contributed by atoms with Crippen LogP contribution >= 0.6 is 11.6 Å². The second-order valence-electron chi connectivity index (χ2n) is 5.23. The standard InChI is InChI=1S/C15H11ClF3N5O/c16-13-7-11(20)4-1-9(13)8-23-14(25)24(22-21-23)12-5-2-10(3-6-12)15(17,18)19/h1-7H,8,20H2. The van der Waals surface area contributed by atoms with Gasteiger partial charge >= 0.3 is 11.9 Å². The number of aromatic nitrogens is 4. The van der Waals surface area contributed by atoms with Gasteiger partial charge in [0.1, 0.15) is 0 Å². The molecule has 1 aromatic heterocycles. The van der Waals surface area contributed by atoms with Crippen LogP contribution in [0.2, 0.25) is 5.02 Å². The number of rotatable bonds is 3. The number of halogens is 4. The van der Waals surface area contributed by atoms with Gasteiger partial charge in [-0.2, -0.15) is 22.5 Å². The van der Waals surface area contributed by atoms with E-state index in [1.807, 2.05) is 0 Å². The summed E-state index contributed by atoms with van der Waals surface area (Å²) >= 11 is 6.06. The number of alkyl halides is 3. The Hall–Kier alpha value is -2.81. The van der Waals surface area contributed by atoms with Crippen molar-refractivity contribution in [2.75, 3.05) is 5.73 Å².